The van der Waals surface area contributed by atoms with Gasteiger partial charge in [-0.05, 0) is 138 Å². The molecule has 20 heteroatoms. The van der Waals surface area contributed by atoms with Crippen molar-refractivity contribution in [1.82, 2.24) is 24.8 Å². The average molecular weight is 1030 g/mol. The lowest BCUT2D eigenvalue weighted by molar-refractivity contribution is -0.112. The summed E-state index contributed by atoms with van der Waals surface area (Å²) in [5.41, 5.74) is 4.73. The number of amides is 2. The van der Waals surface area contributed by atoms with Gasteiger partial charge in [0.25, 0.3) is 0 Å². The van der Waals surface area contributed by atoms with Crippen molar-refractivity contribution in [3.8, 4) is 11.5 Å². The Morgan fingerprint density at radius 1 is 0.708 bits per heavy atom. The number of ether oxygens (including phenoxy) is 2. The second-order valence-corrected chi connectivity index (χ2v) is 24.4. The van der Waals surface area contributed by atoms with Gasteiger partial charge in [0.1, 0.15) is 36.6 Å². The lowest BCUT2D eigenvalue weighted by atomic mass is 9.88. The predicted molar refractivity (Wildman–Crippen MR) is 295 cm³/mol. The summed E-state index contributed by atoms with van der Waals surface area (Å²) in [6, 6.07) is 23.2. The van der Waals surface area contributed by atoms with Crippen molar-refractivity contribution >= 4 is 118 Å². The van der Waals surface area contributed by atoms with Gasteiger partial charge in [-0.2, -0.15) is 9.97 Å². The summed E-state index contributed by atoms with van der Waals surface area (Å²) >= 11 is 7.04. The molecule has 6 N–H and O–H groups in total. The smallest absolute Gasteiger partial charge is 0.248 e. The fourth-order valence-electron chi connectivity index (χ4n) is 8.04. The van der Waals surface area contributed by atoms with E-state index in [1.807, 2.05) is 30.3 Å². The lowest BCUT2D eigenvalue weighted by Crippen LogP contribution is -2.29. The highest BCUT2D eigenvalue weighted by atomic mass is 35.5. The molecular formula is C52H58ClN11O6P2. The minimum Gasteiger partial charge on any atom is -0.495 e. The SMILES string of the molecule is C=CC(=O)Nc1cc(Nc2nc(/C=C\C(=O)Nc3ccc(OC)c(Nc4ncc(C=C)c(Nc5ccccc5P(C)(C)=O)n4)c3)c(Cl)c(Nc3ccccc3P(C)(C)=O)n2)c(OC)cc1C1CCN(C)CC1. The fourth-order valence-corrected chi connectivity index (χ4v) is 10.5. The van der Waals surface area contributed by atoms with Crippen molar-refractivity contribution in [2.24, 2.45) is 0 Å². The van der Waals surface area contributed by atoms with Crippen LogP contribution in [0.15, 0.2) is 110 Å². The van der Waals surface area contributed by atoms with Gasteiger partial charge in [0.2, 0.25) is 23.7 Å². The van der Waals surface area contributed by atoms with Gasteiger partial charge in [-0.3, -0.25) is 9.59 Å². The Morgan fingerprint density at radius 2 is 1.31 bits per heavy atom. The maximum atomic E-state index is 13.7. The van der Waals surface area contributed by atoms with E-state index in [9.17, 15) is 18.7 Å². The molecule has 0 atom stereocenters. The van der Waals surface area contributed by atoms with Crippen LogP contribution in [0.3, 0.4) is 0 Å². The zero-order chi connectivity index (χ0) is 51.7. The number of halogens is 1. The molecule has 0 saturated carbocycles. The average Bonchev–Trinajstić information content (AvgIpc) is 3.34. The Balaban J connectivity index is 1.19. The second-order valence-electron chi connectivity index (χ2n) is 17.7. The van der Waals surface area contributed by atoms with Crippen molar-refractivity contribution in [2.45, 2.75) is 18.8 Å². The van der Waals surface area contributed by atoms with Crippen molar-refractivity contribution in [2.75, 3.05) is 92.9 Å². The molecule has 1 saturated heterocycles. The van der Waals surface area contributed by atoms with Gasteiger partial charge in [-0.1, -0.05) is 55.1 Å². The maximum absolute atomic E-state index is 13.7. The molecule has 17 nitrogen and oxygen atoms in total. The standard InChI is InChI=1S/C52H58ClN11O6P2/c1-10-32-31-54-51(62-49(32)57-36-16-12-14-18-44(36)71(6,7)67)60-40-28-34(20-22-42(40)69-4)55-47(66)23-21-38-48(53)50(58-37-17-13-15-19-45(37)72(8,9)68)63-52(59-38)61-41-30-39(56-46(65)11-2)35(29-43(41)70-5)33-24-26-64(3)27-25-33/h10-23,28-31,33H,1-2,24-27H2,3-9H3,(H,55,66)(H,56,65)(H2,54,57,60,62)(H2,58,59,61,63)/b23-21-. The fraction of sp³-hybridized carbons (Fsp3) is 0.231. The first-order valence-electron chi connectivity index (χ1n) is 22.8. The van der Waals surface area contributed by atoms with Gasteiger partial charge in [-0.25, -0.2) is 9.97 Å². The number of anilines is 10. The van der Waals surface area contributed by atoms with Crippen LogP contribution in [-0.4, -0.2) is 97.7 Å². The second kappa shape index (κ2) is 22.9. The molecule has 72 heavy (non-hydrogen) atoms. The normalized spacial score (nSPS) is 13.2. The number of carbonyl (C=O) groups excluding carboxylic acids is 2. The molecule has 0 aliphatic carbocycles. The molecule has 0 radical (unpaired) electrons. The number of piperidine rings is 1. The van der Waals surface area contributed by atoms with E-state index < -0.39 is 20.2 Å². The maximum Gasteiger partial charge on any atom is 0.248 e. The van der Waals surface area contributed by atoms with Crippen molar-refractivity contribution < 1.29 is 28.2 Å². The van der Waals surface area contributed by atoms with Crippen LogP contribution in [0.25, 0.3) is 12.2 Å². The van der Waals surface area contributed by atoms with Crippen molar-refractivity contribution in [3.63, 3.8) is 0 Å². The Bertz CT molecular complexity index is 3170. The highest BCUT2D eigenvalue weighted by molar-refractivity contribution is 7.70. The third-order valence-corrected chi connectivity index (χ3v) is 15.2. The van der Waals surface area contributed by atoms with E-state index in [4.69, 9.17) is 36.0 Å². The van der Waals surface area contributed by atoms with Crippen LogP contribution in [0, 0.1) is 0 Å². The topological polar surface area (TPSA) is 214 Å². The van der Waals surface area contributed by atoms with Crippen molar-refractivity contribution in [1.29, 1.82) is 0 Å². The highest BCUT2D eigenvalue weighted by Crippen LogP contribution is 2.43. The van der Waals surface area contributed by atoms with E-state index in [0.717, 1.165) is 31.5 Å². The predicted octanol–water partition coefficient (Wildman–Crippen LogP) is 10.6. The number of hydrogen-bond donors (Lipinski definition) is 6. The molecule has 0 unspecified atom stereocenters. The third kappa shape index (κ3) is 13.0. The number of para-hydroxylation sites is 2. The van der Waals surface area contributed by atoms with Crippen LogP contribution >= 0.6 is 25.9 Å². The zero-order valence-corrected chi connectivity index (χ0v) is 43.7. The molecule has 1 fully saturated rings. The first-order valence-corrected chi connectivity index (χ1v) is 28.4. The van der Waals surface area contributed by atoms with Gasteiger partial charge >= 0.3 is 0 Å². The summed E-state index contributed by atoms with van der Waals surface area (Å²) < 4.78 is 38.0. The van der Waals surface area contributed by atoms with Gasteiger partial charge in [0, 0.05) is 39.8 Å². The lowest BCUT2D eigenvalue weighted by Gasteiger charge is -2.31. The number of benzene rings is 4. The Kier molecular flexibility index (Phi) is 16.7. The minimum atomic E-state index is -2.78. The van der Waals surface area contributed by atoms with E-state index in [2.05, 4.69) is 62.0 Å². The van der Waals surface area contributed by atoms with Gasteiger partial charge in [0.15, 0.2) is 5.82 Å². The summed E-state index contributed by atoms with van der Waals surface area (Å²) in [5, 5.41) is 20.2. The van der Waals surface area contributed by atoms with E-state index in [1.54, 1.807) is 94.6 Å². The summed E-state index contributed by atoms with van der Waals surface area (Å²) in [4.78, 5) is 47.4. The molecule has 2 amide bonds. The van der Waals surface area contributed by atoms with Gasteiger partial charge < -0.3 is 55.4 Å². The number of hydrogen-bond acceptors (Lipinski definition) is 15. The van der Waals surface area contributed by atoms with Crippen LogP contribution in [0.2, 0.25) is 5.02 Å². The van der Waals surface area contributed by atoms with Crippen LogP contribution in [0.4, 0.5) is 57.7 Å². The number of carbonyl (C=O) groups is 2. The van der Waals surface area contributed by atoms with E-state index in [1.165, 1.54) is 25.3 Å². The number of aromatic nitrogens is 4. The summed E-state index contributed by atoms with van der Waals surface area (Å²) in [5.74, 6) is 1.05. The molecule has 7 rings (SSSR count). The number of likely N-dealkylation sites (tertiary alicyclic amines) is 1. The van der Waals surface area contributed by atoms with E-state index in [-0.39, 0.29) is 40.3 Å². The minimum absolute atomic E-state index is 0.0643. The molecule has 374 valence electrons. The Labute approximate surface area is 424 Å². The molecule has 6 aromatic rings. The largest absolute Gasteiger partial charge is 0.495 e. The molecule has 3 heterocycles. The molecular weight excluding hydrogens is 972 g/mol. The molecule has 2 aromatic heterocycles. The number of methoxy groups -OCH3 is 2. The molecule has 1 aliphatic rings. The first-order chi connectivity index (χ1) is 34.4. The van der Waals surface area contributed by atoms with Gasteiger partial charge in [0.05, 0.1) is 42.7 Å². The van der Waals surface area contributed by atoms with Crippen LogP contribution < -0.4 is 52.0 Å². The van der Waals surface area contributed by atoms with Crippen molar-refractivity contribution in [3.05, 3.63) is 132 Å². The highest BCUT2D eigenvalue weighted by Gasteiger charge is 2.25. The number of nitrogens with zero attached hydrogens (tertiary/aromatic N) is 5. The molecule has 0 spiro atoms. The molecule has 0 bridgehead atoms. The van der Waals surface area contributed by atoms with Gasteiger partial charge in [-0.15, -0.1) is 0 Å². The number of nitrogens with one attached hydrogen (secondary N) is 6. The monoisotopic (exact) mass is 1030 g/mol. The first kappa shape index (κ1) is 52.5. The van der Waals surface area contributed by atoms with E-state index >= 15 is 0 Å². The molecule has 4 aromatic carbocycles. The third-order valence-electron chi connectivity index (χ3n) is 11.7. The summed E-state index contributed by atoms with van der Waals surface area (Å²) in [6.45, 7) is 16.1. The number of rotatable bonds is 19. The van der Waals surface area contributed by atoms with Crippen LogP contribution in [0.1, 0.15) is 35.6 Å². The summed E-state index contributed by atoms with van der Waals surface area (Å²) in [7, 11) is -0.259. The van der Waals surface area contributed by atoms with E-state index in [0.29, 0.717) is 67.6 Å². The molecule has 1 aliphatic heterocycles. The quantitative estimate of drug-likeness (QED) is 0.0329. The summed E-state index contributed by atoms with van der Waals surface area (Å²) in [6.07, 6.45) is 8.94. The van der Waals surface area contributed by atoms with Crippen LogP contribution in [0.5, 0.6) is 11.5 Å². The Morgan fingerprint density at radius 3 is 1.92 bits per heavy atom. The Hall–Kier alpha value is -7.29. The van der Waals surface area contributed by atoms with Crippen LogP contribution in [-0.2, 0) is 18.7 Å². The zero-order valence-electron chi connectivity index (χ0n) is 41.2.